The molecule has 0 N–H and O–H groups in total. The topological polar surface area (TPSA) is 102 Å². The summed E-state index contributed by atoms with van der Waals surface area (Å²) in [7, 11) is -1.75. The highest BCUT2D eigenvalue weighted by Gasteiger charge is 2.25. The number of carbonyl (C=O) groups excluding carboxylic acids is 1. The maximum atomic E-state index is 13.0. The molecule has 30 heavy (non-hydrogen) atoms. The number of aromatic nitrogens is 1. The van der Waals surface area contributed by atoms with Crippen molar-refractivity contribution in [3.63, 3.8) is 0 Å². The van der Waals surface area contributed by atoms with E-state index in [1.807, 2.05) is 13.8 Å². The van der Waals surface area contributed by atoms with Crippen LogP contribution >= 0.6 is 0 Å². The molecule has 0 saturated carbocycles. The first-order valence-electron chi connectivity index (χ1n) is 9.67. The molecule has 9 nitrogen and oxygen atoms in total. The Morgan fingerprint density at radius 2 is 1.93 bits per heavy atom. The van der Waals surface area contributed by atoms with E-state index in [-0.39, 0.29) is 12.5 Å². The Kier molecular flexibility index (Phi) is 6.67. The van der Waals surface area contributed by atoms with Crippen molar-refractivity contribution >= 4 is 15.9 Å². The molecule has 1 fully saturated rings. The molecule has 1 aromatic carbocycles. The molecule has 0 bridgehead atoms. The van der Waals surface area contributed by atoms with E-state index in [1.54, 1.807) is 23.1 Å². The minimum absolute atomic E-state index is 0.166. The summed E-state index contributed by atoms with van der Waals surface area (Å²) in [5, 5.41) is 3.91. The molecule has 10 heteroatoms. The van der Waals surface area contributed by atoms with Crippen molar-refractivity contribution < 1.29 is 27.2 Å². The number of sulfonamides is 1. The van der Waals surface area contributed by atoms with Crippen LogP contribution in [0.15, 0.2) is 22.7 Å². The van der Waals surface area contributed by atoms with Crippen LogP contribution in [0.5, 0.6) is 11.5 Å². The van der Waals surface area contributed by atoms with Crippen LogP contribution in [0.25, 0.3) is 0 Å². The molecule has 1 saturated heterocycles. The standard InChI is InChI=1S/C20H27N3O6S/c1-14-17(15(2)29-21-14)13-28-18-7-6-16(12-19(18)27-3)20(24)22-8-5-9-23(11-10-22)30(4,25)26/h6-7,12H,5,8-11,13H2,1-4H3. The van der Waals surface area contributed by atoms with Crippen LogP contribution in [0.2, 0.25) is 0 Å². The van der Waals surface area contributed by atoms with Crippen molar-refractivity contribution in [3.8, 4) is 11.5 Å². The molecule has 0 aliphatic carbocycles. The highest BCUT2D eigenvalue weighted by molar-refractivity contribution is 7.88. The Bertz CT molecular complexity index is 998. The van der Waals surface area contributed by atoms with E-state index < -0.39 is 10.0 Å². The van der Waals surface area contributed by atoms with Gasteiger partial charge in [0.2, 0.25) is 10.0 Å². The molecule has 1 aromatic heterocycles. The van der Waals surface area contributed by atoms with Crippen LogP contribution in [-0.2, 0) is 16.6 Å². The van der Waals surface area contributed by atoms with Gasteiger partial charge in [0.1, 0.15) is 12.4 Å². The first-order valence-corrected chi connectivity index (χ1v) is 11.5. The molecule has 0 radical (unpaired) electrons. The van der Waals surface area contributed by atoms with Crippen LogP contribution in [0.3, 0.4) is 0 Å². The van der Waals surface area contributed by atoms with Gasteiger partial charge in [0, 0.05) is 31.7 Å². The average Bonchev–Trinajstić information content (AvgIpc) is 2.89. The molecular weight excluding hydrogens is 410 g/mol. The second kappa shape index (κ2) is 9.05. The van der Waals surface area contributed by atoms with Gasteiger partial charge in [-0.05, 0) is 38.5 Å². The maximum Gasteiger partial charge on any atom is 0.254 e. The molecule has 1 aliphatic rings. The predicted octanol–water partition coefficient (Wildman–Crippen LogP) is 1.99. The lowest BCUT2D eigenvalue weighted by Gasteiger charge is -2.21. The number of carbonyl (C=O) groups is 1. The molecule has 1 amide bonds. The van der Waals surface area contributed by atoms with Gasteiger partial charge in [-0.3, -0.25) is 4.79 Å². The zero-order valence-corrected chi connectivity index (χ0v) is 18.5. The third-order valence-corrected chi connectivity index (χ3v) is 6.48. The van der Waals surface area contributed by atoms with Crippen molar-refractivity contribution in [2.45, 2.75) is 26.9 Å². The van der Waals surface area contributed by atoms with Crippen molar-refractivity contribution in [2.75, 3.05) is 39.5 Å². The third kappa shape index (κ3) is 4.93. The van der Waals surface area contributed by atoms with Crippen LogP contribution in [0.1, 0.15) is 33.8 Å². The lowest BCUT2D eigenvalue weighted by atomic mass is 10.1. The third-order valence-electron chi connectivity index (χ3n) is 5.17. The van der Waals surface area contributed by atoms with Crippen LogP contribution in [-0.4, -0.2) is 68.2 Å². The summed E-state index contributed by atoms with van der Waals surface area (Å²) in [4.78, 5) is 14.6. The first-order chi connectivity index (χ1) is 14.2. The molecule has 0 spiro atoms. The van der Waals surface area contributed by atoms with Gasteiger partial charge in [-0.1, -0.05) is 5.16 Å². The van der Waals surface area contributed by atoms with E-state index in [0.717, 1.165) is 11.3 Å². The van der Waals surface area contributed by atoms with E-state index >= 15 is 0 Å². The second-order valence-electron chi connectivity index (χ2n) is 7.26. The van der Waals surface area contributed by atoms with E-state index in [2.05, 4.69) is 5.16 Å². The highest BCUT2D eigenvalue weighted by atomic mass is 32.2. The summed E-state index contributed by atoms with van der Waals surface area (Å²) >= 11 is 0. The fourth-order valence-electron chi connectivity index (χ4n) is 3.39. The monoisotopic (exact) mass is 437 g/mol. The van der Waals surface area contributed by atoms with Crippen LogP contribution in [0, 0.1) is 13.8 Å². The normalized spacial score (nSPS) is 15.7. The quantitative estimate of drug-likeness (QED) is 0.681. The zero-order valence-electron chi connectivity index (χ0n) is 17.7. The number of methoxy groups -OCH3 is 1. The van der Waals surface area contributed by atoms with Crippen molar-refractivity contribution in [2.24, 2.45) is 0 Å². The molecule has 0 atom stereocenters. The molecule has 164 valence electrons. The molecule has 0 unspecified atom stereocenters. The van der Waals surface area contributed by atoms with Gasteiger partial charge >= 0.3 is 0 Å². The van der Waals surface area contributed by atoms with Gasteiger partial charge in [-0.2, -0.15) is 0 Å². The molecule has 1 aliphatic heterocycles. The fourth-order valence-corrected chi connectivity index (χ4v) is 4.26. The second-order valence-corrected chi connectivity index (χ2v) is 9.25. The molecular formula is C20H27N3O6S. The van der Waals surface area contributed by atoms with Crippen molar-refractivity contribution in [3.05, 3.63) is 40.8 Å². The van der Waals surface area contributed by atoms with Crippen LogP contribution < -0.4 is 9.47 Å². The van der Waals surface area contributed by atoms with E-state index in [9.17, 15) is 13.2 Å². The van der Waals surface area contributed by atoms with Gasteiger partial charge in [-0.15, -0.1) is 0 Å². The Morgan fingerprint density at radius 3 is 2.57 bits per heavy atom. The maximum absolute atomic E-state index is 13.0. The number of ether oxygens (including phenoxy) is 2. The number of rotatable bonds is 6. The Morgan fingerprint density at radius 1 is 1.17 bits per heavy atom. The first kappa shape index (κ1) is 22.1. The number of amides is 1. The number of hydrogen-bond donors (Lipinski definition) is 0. The fraction of sp³-hybridized carbons (Fsp3) is 0.500. The highest BCUT2D eigenvalue weighted by Crippen LogP contribution is 2.30. The largest absolute Gasteiger partial charge is 0.493 e. The zero-order chi connectivity index (χ0) is 21.9. The summed E-state index contributed by atoms with van der Waals surface area (Å²) in [5.74, 6) is 1.48. The lowest BCUT2D eigenvalue weighted by Crippen LogP contribution is -2.36. The van der Waals surface area contributed by atoms with E-state index in [0.29, 0.717) is 55.4 Å². The number of nitrogens with zero attached hydrogens (tertiary/aromatic N) is 3. The summed E-state index contributed by atoms with van der Waals surface area (Å²) in [5.41, 5.74) is 2.10. The summed E-state index contributed by atoms with van der Waals surface area (Å²) < 4.78 is 41.4. The number of benzene rings is 1. The van der Waals surface area contributed by atoms with Crippen molar-refractivity contribution in [1.29, 1.82) is 0 Å². The van der Waals surface area contributed by atoms with E-state index in [1.165, 1.54) is 17.7 Å². The lowest BCUT2D eigenvalue weighted by molar-refractivity contribution is 0.0764. The van der Waals surface area contributed by atoms with Crippen molar-refractivity contribution in [1.82, 2.24) is 14.4 Å². The van der Waals surface area contributed by atoms with Gasteiger partial charge in [0.05, 0.1) is 24.6 Å². The summed E-state index contributed by atoms with van der Waals surface area (Å²) in [6.07, 6.45) is 1.78. The molecule has 3 rings (SSSR count). The van der Waals surface area contributed by atoms with Gasteiger partial charge in [-0.25, -0.2) is 12.7 Å². The number of hydrogen-bond acceptors (Lipinski definition) is 7. The number of aryl methyl sites for hydroxylation is 2. The minimum Gasteiger partial charge on any atom is -0.493 e. The van der Waals surface area contributed by atoms with Crippen LogP contribution in [0.4, 0.5) is 0 Å². The average molecular weight is 438 g/mol. The Labute approximate surface area is 176 Å². The minimum atomic E-state index is -3.26. The van der Waals surface area contributed by atoms with E-state index in [4.69, 9.17) is 14.0 Å². The SMILES string of the molecule is COc1cc(C(=O)N2CCCN(S(C)(=O)=O)CC2)ccc1OCc1c(C)noc1C. The molecule has 2 heterocycles. The Balaban J connectivity index is 1.71. The molecule has 2 aromatic rings. The predicted molar refractivity (Wildman–Crippen MR) is 110 cm³/mol. The smallest absolute Gasteiger partial charge is 0.254 e. The summed E-state index contributed by atoms with van der Waals surface area (Å²) in [6.45, 7) is 5.50. The Hall–Kier alpha value is -2.59. The summed E-state index contributed by atoms with van der Waals surface area (Å²) in [6, 6.07) is 5.03. The van der Waals surface area contributed by atoms with Gasteiger partial charge < -0.3 is 18.9 Å². The van der Waals surface area contributed by atoms with Gasteiger partial charge in [0.25, 0.3) is 5.91 Å². The van der Waals surface area contributed by atoms with Gasteiger partial charge in [0.15, 0.2) is 11.5 Å².